The third-order valence-corrected chi connectivity index (χ3v) is 8.71. The Hall–Kier alpha value is -2.64. The third kappa shape index (κ3) is 5.31. The van der Waals surface area contributed by atoms with Crippen molar-refractivity contribution in [3.05, 3.63) is 40.8 Å². The molecule has 2 N–H and O–H groups in total. The standard InChI is InChI=1S/C23H28N6O4S2/c1-35(31,32)29-7-5-27(6-8-29)15-18-14-19-20(34-18)23(28-9-11-33-12-10-28)26-22(25-19)17-4-2-3-16(13-17)21(24)30/h2-4,13-14H,5-12,15H2,1H3,(H2,24,30). The molecule has 0 atom stereocenters. The predicted molar refractivity (Wildman–Crippen MR) is 136 cm³/mol. The van der Waals surface area contributed by atoms with Gasteiger partial charge in [0.2, 0.25) is 15.9 Å². The van der Waals surface area contributed by atoms with Crippen LogP contribution in [0.25, 0.3) is 21.6 Å². The Morgan fingerprint density at radius 1 is 1.09 bits per heavy atom. The fourth-order valence-corrected chi connectivity index (χ4v) is 6.39. The molecular formula is C23H28N6O4S2. The van der Waals surface area contributed by atoms with E-state index >= 15 is 0 Å². The van der Waals surface area contributed by atoms with Gasteiger partial charge in [-0.2, -0.15) is 4.31 Å². The highest BCUT2D eigenvalue weighted by atomic mass is 32.2. The van der Waals surface area contributed by atoms with Crippen molar-refractivity contribution in [2.24, 2.45) is 5.73 Å². The molecule has 35 heavy (non-hydrogen) atoms. The Kier molecular flexibility index (Phi) is 6.73. The zero-order valence-electron chi connectivity index (χ0n) is 19.5. The number of hydrogen-bond acceptors (Lipinski definition) is 9. The summed E-state index contributed by atoms with van der Waals surface area (Å²) >= 11 is 1.67. The molecule has 2 fully saturated rings. The van der Waals surface area contributed by atoms with Crippen LogP contribution < -0.4 is 10.6 Å². The number of sulfonamides is 1. The quantitative estimate of drug-likeness (QED) is 0.521. The monoisotopic (exact) mass is 516 g/mol. The zero-order chi connectivity index (χ0) is 24.6. The maximum absolute atomic E-state index is 11.8. The number of carbonyl (C=O) groups excluding carboxylic acids is 1. The minimum Gasteiger partial charge on any atom is -0.378 e. The van der Waals surface area contributed by atoms with E-state index in [2.05, 4.69) is 15.9 Å². The van der Waals surface area contributed by atoms with E-state index in [0.29, 0.717) is 50.8 Å². The Labute approximate surface area is 208 Å². The van der Waals surface area contributed by atoms with Gasteiger partial charge in [-0.25, -0.2) is 18.4 Å². The van der Waals surface area contributed by atoms with E-state index in [1.54, 1.807) is 29.5 Å². The van der Waals surface area contributed by atoms with Crippen LogP contribution in [0.15, 0.2) is 30.3 Å². The molecule has 186 valence electrons. The molecule has 2 aromatic heterocycles. The van der Waals surface area contributed by atoms with E-state index in [0.717, 1.165) is 46.1 Å². The second-order valence-electron chi connectivity index (χ2n) is 8.78. The number of aromatic nitrogens is 2. The zero-order valence-corrected chi connectivity index (χ0v) is 21.1. The number of amides is 1. The van der Waals surface area contributed by atoms with Crippen LogP contribution in [0.3, 0.4) is 0 Å². The van der Waals surface area contributed by atoms with Crippen LogP contribution in [0.1, 0.15) is 15.2 Å². The van der Waals surface area contributed by atoms with E-state index in [1.807, 2.05) is 6.07 Å². The smallest absolute Gasteiger partial charge is 0.248 e. The molecule has 0 unspecified atom stereocenters. The number of benzene rings is 1. The lowest BCUT2D eigenvalue weighted by molar-refractivity contribution is 0.1000. The number of thiophene rings is 1. The molecule has 0 bridgehead atoms. The van der Waals surface area contributed by atoms with Gasteiger partial charge in [-0.15, -0.1) is 11.3 Å². The van der Waals surface area contributed by atoms with E-state index in [-0.39, 0.29) is 0 Å². The van der Waals surface area contributed by atoms with E-state index < -0.39 is 15.9 Å². The highest BCUT2D eigenvalue weighted by molar-refractivity contribution is 7.88. The fraction of sp³-hybridized carbons (Fsp3) is 0.435. The van der Waals surface area contributed by atoms with E-state index in [9.17, 15) is 13.2 Å². The summed E-state index contributed by atoms with van der Waals surface area (Å²) in [5, 5.41) is 0. The first kappa shape index (κ1) is 24.1. The molecule has 2 aliphatic rings. The first-order valence-electron chi connectivity index (χ1n) is 11.5. The predicted octanol–water partition coefficient (Wildman–Crippen LogP) is 1.37. The lowest BCUT2D eigenvalue weighted by atomic mass is 10.1. The maximum Gasteiger partial charge on any atom is 0.248 e. The Morgan fingerprint density at radius 2 is 1.83 bits per heavy atom. The van der Waals surface area contributed by atoms with Crippen LogP contribution in [0.2, 0.25) is 0 Å². The molecule has 2 saturated heterocycles. The van der Waals surface area contributed by atoms with Crippen molar-refractivity contribution >= 4 is 43.3 Å². The molecule has 2 aliphatic heterocycles. The van der Waals surface area contributed by atoms with Gasteiger partial charge in [0.1, 0.15) is 0 Å². The van der Waals surface area contributed by atoms with Gasteiger partial charge in [0.05, 0.1) is 29.7 Å². The second-order valence-corrected chi connectivity index (χ2v) is 11.9. The van der Waals surface area contributed by atoms with Crippen LogP contribution in [-0.2, 0) is 21.3 Å². The molecule has 5 rings (SSSR count). The first-order valence-corrected chi connectivity index (χ1v) is 14.2. The molecule has 0 spiro atoms. The highest BCUT2D eigenvalue weighted by Gasteiger charge is 2.25. The van der Waals surface area contributed by atoms with Crippen LogP contribution in [-0.4, -0.2) is 92.2 Å². The van der Waals surface area contributed by atoms with Gasteiger partial charge in [-0.1, -0.05) is 12.1 Å². The van der Waals surface area contributed by atoms with E-state index in [1.165, 1.54) is 10.6 Å². The average Bonchev–Trinajstić information content (AvgIpc) is 3.26. The number of rotatable bonds is 6. The van der Waals surface area contributed by atoms with Crippen LogP contribution in [0, 0.1) is 0 Å². The number of carbonyl (C=O) groups is 1. The number of anilines is 1. The molecule has 12 heteroatoms. The van der Waals surface area contributed by atoms with Gasteiger partial charge < -0.3 is 15.4 Å². The van der Waals surface area contributed by atoms with Gasteiger partial charge in [-0.3, -0.25) is 9.69 Å². The molecule has 0 aliphatic carbocycles. The molecule has 1 amide bonds. The lowest BCUT2D eigenvalue weighted by Gasteiger charge is -2.32. The molecule has 0 radical (unpaired) electrons. The number of nitrogens with two attached hydrogens (primary N) is 1. The first-order chi connectivity index (χ1) is 16.8. The van der Waals surface area contributed by atoms with Crippen LogP contribution in [0.4, 0.5) is 5.82 Å². The summed E-state index contributed by atoms with van der Waals surface area (Å²) in [7, 11) is -3.15. The SMILES string of the molecule is CS(=O)(=O)N1CCN(Cc2cc3nc(-c4cccc(C(N)=O)c4)nc(N4CCOCC4)c3s2)CC1. The Morgan fingerprint density at radius 3 is 2.51 bits per heavy atom. The van der Waals surface area contributed by atoms with Gasteiger partial charge in [0.15, 0.2) is 11.6 Å². The summed E-state index contributed by atoms with van der Waals surface area (Å²) in [5.74, 6) is 0.930. The molecule has 3 aromatic rings. The Bertz CT molecular complexity index is 1350. The van der Waals surface area contributed by atoms with Crippen molar-refractivity contribution in [2.75, 3.05) is 63.6 Å². The highest BCUT2D eigenvalue weighted by Crippen LogP contribution is 2.35. The number of primary amides is 1. The molecule has 10 nitrogen and oxygen atoms in total. The normalized spacial score (nSPS) is 18.3. The summed E-state index contributed by atoms with van der Waals surface area (Å²) in [6.45, 7) is 5.88. The van der Waals surface area contributed by atoms with Gasteiger partial charge in [0, 0.05) is 61.8 Å². The molecule has 1 aromatic carbocycles. The third-order valence-electron chi connectivity index (χ3n) is 6.30. The van der Waals surface area contributed by atoms with E-state index in [4.69, 9.17) is 20.4 Å². The van der Waals surface area contributed by atoms with Crippen molar-refractivity contribution in [2.45, 2.75) is 6.54 Å². The van der Waals surface area contributed by atoms with Crippen molar-refractivity contribution in [1.29, 1.82) is 0 Å². The molecule has 4 heterocycles. The van der Waals surface area contributed by atoms with Crippen molar-refractivity contribution < 1.29 is 17.9 Å². The Balaban J connectivity index is 1.47. The largest absolute Gasteiger partial charge is 0.378 e. The topological polar surface area (TPSA) is 122 Å². The van der Waals surface area contributed by atoms with Crippen molar-refractivity contribution in [3.8, 4) is 11.4 Å². The molecule has 0 saturated carbocycles. The minimum absolute atomic E-state index is 0.415. The van der Waals surface area contributed by atoms with Crippen molar-refractivity contribution in [3.63, 3.8) is 0 Å². The summed E-state index contributed by atoms with van der Waals surface area (Å²) in [4.78, 5) is 27.1. The number of piperazine rings is 1. The van der Waals surface area contributed by atoms with Crippen molar-refractivity contribution in [1.82, 2.24) is 19.2 Å². The molecular weight excluding hydrogens is 488 g/mol. The number of fused-ring (bicyclic) bond motifs is 1. The summed E-state index contributed by atoms with van der Waals surface area (Å²) in [6, 6.07) is 9.16. The number of hydrogen-bond donors (Lipinski definition) is 1. The number of ether oxygens (including phenoxy) is 1. The number of nitrogens with zero attached hydrogens (tertiary/aromatic N) is 5. The maximum atomic E-state index is 11.8. The summed E-state index contributed by atoms with van der Waals surface area (Å²) in [5.41, 5.74) is 7.49. The van der Waals surface area contributed by atoms with Crippen LogP contribution >= 0.6 is 11.3 Å². The fourth-order valence-electron chi connectivity index (χ4n) is 4.41. The van der Waals surface area contributed by atoms with Gasteiger partial charge in [-0.05, 0) is 18.2 Å². The number of morpholine rings is 1. The summed E-state index contributed by atoms with van der Waals surface area (Å²) in [6.07, 6.45) is 1.26. The minimum atomic E-state index is -3.15. The van der Waals surface area contributed by atoms with Crippen LogP contribution in [0.5, 0.6) is 0 Å². The average molecular weight is 517 g/mol. The van der Waals surface area contributed by atoms with Gasteiger partial charge >= 0.3 is 0 Å². The second kappa shape index (κ2) is 9.78. The summed E-state index contributed by atoms with van der Waals surface area (Å²) < 4.78 is 31.7. The lowest BCUT2D eigenvalue weighted by Crippen LogP contribution is -2.47. The van der Waals surface area contributed by atoms with Gasteiger partial charge in [0.25, 0.3) is 0 Å².